The number of aliphatic carboxylic acids is 1. The highest BCUT2D eigenvalue weighted by atomic mass is 32.1. The number of aliphatic hydroxyl groups excluding tert-OH is 1. The fraction of sp³-hybridized carbons (Fsp3) is 0.750. The molecule has 0 aliphatic carbocycles. The highest BCUT2D eigenvalue weighted by molar-refractivity contribution is 7.81. The average molecular weight is 561 g/mol. The zero-order valence-electron chi connectivity index (χ0n) is 22.9. The fourth-order valence-corrected chi connectivity index (χ4v) is 5.45. The van der Waals surface area contributed by atoms with Crippen LogP contribution in [0, 0.1) is 0 Å². The molecule has 0 spiro atoms. The molecule has 0 fully saturated rings. The molecule has 7 nitrogen and oxygen atoms in total. The van der Waals surface area contributed by atoms with Gasteiger partial charge in [0.15, 0.2) is 0 Å². The first-order valence-corrected chi connectivity index (χ1v) is 15.4. The van der Waals surface area contributed by atoms with E-state index in [4.69, 9.17) is 26.8 Å². The summed E-state index contributed by atoms with van der Waals surface area (Å²) in [6, 6.07) is 9.50. The minimum atomic E-state index is -2.39. The number of para-hydroxylation sites is 1. The molecule has 1 aromatic rings. The molecule has 0 heterocycles. The average Bonchev–Trinajstić information content (AvgIpc) is 2.88. The predicted molar refractivity (Wildman–Crippen MR) is 153 cm³/mol. The minimum absolute atomic E-state index is 0.118. The summed E-state index contributed by atoms with van der Waals surface area (Å²) in [5.41, 5.74) is 0. The summed E-state index contributed by atoms with van der Waals surface area (Å²) in [5, 5.41) is 18.3. The Bertz CT molecular complexity index is 753. The van der Waals surface area contributed by atoms with Crippen molar-refractivity contribution in [1.82, 2.24) is 0 Å². The van der Waals surface area contributed by atoms with Gasteiger partial charge in [-0.2, -0.15) is 0 Å². The molecule has 2 N–H and O–H groups in total. The third-order valence-electron chi connectivity index (χ3n) is 6.36. The van der Waals surface area contributed by atoms with Gasteiger partial charge >= 0.3 is 5.97 Å². The summed E-state index contributed by atoms with van der Waals surface area (Å²) < 4.78 is 30.1. The van der Waals surface area contributed by atoms with Gasteiger partial charge in [0.2, 0.25) is 6.29 Å². The molecule has 5 atom stereocenters. The van der Waals surface area contributed by atoms with Crippen LogP contribution in [0.1, 0.15) is 104 Å². The van der Waals surface area contributed by atoms with Gasteiger partial charge in [0.1, 0.15) is 25.2 Å². The molecule has 0 aliphatic heterocycles. The first-order chi connectivity index (χ1) is 17.8. The number of rotatable bonds is 23. The summed E-state index contributed by atoms with van der Waals surface area (Å²) in [7, 11) is -2.08. The molecule has 0 bridgehead atoms. The van der Waals surface area contributed by atoms with Gasteiger partial charge in [-0.1, -0.05) is 83.9 Å². The Hall–Kier alpha value is -1.05. The number of carboxylic acids is 1. The van der Waals surface area contributed by atoms with Crippen LogP contribution in [0.2, 0.25) is 0 Å². The fourth-order valence-electron chi connectivity index (χ4n) is 4.25. The second-order valence-electron chi connectivity index (χ2n) is 9.76. The van der Waals surface area contributed by atoms with Crippen molar-refractivity contribution in [1.29, 1.82) is 0 Å². The van der Waals surface area contributed by atoms with E-state index in [2.05, 4.69) is 13.8 Å². The standard InChI is InChI=1S/C28H49O7PS/c1-4-7-9-11-13-19-24(34-23-17-14-12-15-18-23)22-27(37,20-16-10-8-5-2)35-28(36-32,25(29)30)26(31)33-21-6-3/h12,14-15,17-18,24,26,31,37H,4-11,13,16,19-22,36H2,1-3H3,(H,29,30). The molecular formula is C28H49O7PS. The lowest BCUT2D eigenvalue weighted by molar-refractivity contribution is -0.228. The van der Waals surface area contributed by atoms with E-state index in [0.29, 0.717) is 18.6 Å². The van der Waals surface area contributed by atoms with Crippen LogP contribution >= 0.6 is 21.1 Å². The Kier molecular flexibility index (Phi) is 17.5. The van der Waals surface area contributed by atoms with E-state index >= 15 is 0 Å². The van der Waals surface area contributed by atoms with Crippen molar-refractivity contribution in [2.24, 2.45) is 0 Å². The van der Waals surface area contributed by atoms with Gasteiger partial charge in [-0.25, -0.2) is 4.79 Å². The van der Waals surface area contributed by atoms with E-state index in [9.17, 15) is 19.6 Å². The van der Waals surface area contributed by atoms with Crippen molar-refractivity contribution in [2.45, 2.75) is 127 Å². The predicted octanol–water partition coefficient (Wildman–Crippen LogP) is 7.08. The molecule has 37 heavy (non-hydrogen) atoms. The number of thiol groups is 1. The molecule has 1 aromatic carbocycles. The molecule has 5 unspecified atom stereocenters. The van der Waals surface area contributed by atoms with Gasteiger partial charge in [-0.05, 0) is 44.2 Å². The summed E-state index contributed by atoms with van der Waals surface area (Å²) in [6.07, 6.45) is 9.14. The maximum absolute atomic E-state index is 12.4. The van der Waals surface area contributed by atoms with Crippen LogP contribution in [0.5, 0.6) is 5.75 Å². The number of benzene rings is 1. The Balaban J connectivity index is 3.22. The molecule has 0 aliphatic rings. The second-order valence-corrected chi connectivity index (χ2v) is 11.7. The smallest absolute Gasteiger partial charge is 0.348 e. The van der Waals surface area contributed by atoms with Gasteiger partial charge < -0.3 is 29.0 Å². The van der Waals surface area contributed by atoms with E-state index in [1.807, 2.05) is 37.3 Å². The first kappa shape index (κ1) is 34.0. The summed E-state index contributed by atoms with van der Waals surface area (Å²) in [6.45, 7) is 6.25. The van der Waals surface area contributed by atoms with Crippen LogP contribution in [-0.2, 0) is 18.8 Å². The van der Waals surface area contributed by atoms with Gasteiger partial charge in [-0.3, -0.25) is 0 Å². The summed E-state index contributed by atoms with van der Waals surface area (Å²) in [5.74, 6) is -0.804. The minimum Gasteiger partial charge on any atom is -0.490 e. The van der Waals surface area contributed by atoms with Gasteiger partial charge in [-0.15, -0.1) is 12.6 Å². The molecule has 0 saturated carbocycles. The number of hydrogen-bond donors (Lipinski definition) is 3. The topological polar surface area (TPSA) is 102 Å². The van der Waals surface area contributed by atoms with E-state index < -0.39 is 31.0 Å². The Morgan fingerprint density at radius 2 is 1.59 bits per heavy atom. The Morgan fingerprint density at radius 3 is 2.16 bits per heavy atom. The number of carboxylic acid groups (broad SMARTS) is 1. The monoisotopic (exact) mass is 560 g/mol. The number of hydrogen-bond acceptors (Lipinski definition) is 7. The summed E-state index contributed by atoms with van der Waals surface area (Å²) in [4.78, 5) is 11.1. The van der Waals surface area contributed by atoms with E-state index in [1.165, 1.54) is 6.42 Å². The van der Waals surface area contributed by atoms with Gasteiger partial charge in [0.25, 0.3) is 5.34 Å². The zero-order valence-corrected chi connectivity index (χ0v) is 25.0. The van der Waals surface area contributed by atoms with Crippen LogP contribution in [-0.4, -0.2) is 45.5 Å². The normalized spacial score (nSPS) is 16.8. The van der Waals surface area contributed by atoms with Crippen molar-refractivity contribution in [2.75, 3.05) is 6.61 Å². The molecule has 0 radical (unpaired) electrons. The van der Waals surface area contributed by atoms with Crippen molar-refractivity contribution in [3.63, 3.8) is 0 Å². The lowest BCUT2D eigenvalue weighted by Crippen LogP contribution is -2.53. The number of aliphatic hydroxyl groups is 1. The van der Waals surface area contributed by atoms with Gasteiger partial charge in [0.05, 0.1) is 0 Å². The number of ether oxygens (including phenoxy) is 3. The maximum Gasteiger partial charge on any atom is 0.348 e. The Morgan fingerprint density at radius 1 is 0.973 bits per heavy atom. The lowest BCUT2D eigenvalue weighted by atomic mass is 9.98. The highest BCUT2D eigenvalue weighted by Crippen LogP contribution is 2.42. The first-order valence-electron chi connectivity index (χ1n) is 13.9. The molecule has 9 heteroatoms. The van der Waals surface area contributed by atoms with Crippen LogP contribution in [0.15, 0.2) is 30.3 Å². The zero-order chi connectivity index (χ0) is 27.6. The highest BCUT2D eigenvalue weighted by Gasteiger charge is 2.52. The molecule has 214 valence electrons. The van der Waals surface area contributed by atoms with Crippen molar-refractivity contribution >= 4 is 27.1 Å². The van der Waals surface area contributed by atoms with Gasteiger partial charge in [0, 0.05) is 13.0 Å². The van der Waals surface area contributed by atoms with E-state index in [-0.39, 0.29) is 19.1 Å². The summed E-state index contributed by atoms with van der Waals surface area (Å²) >= 11 is 4.87. The second kappa shape index (κ2) is 19.1. The van der Waals surface area contributed by atoms with Crippen LogP contribution < -0.4 is 4.74 Å². The van der Waals surface area contributed by atoms with E-state index in [1.54, 1.807) is 0 Å². The number of carbonyl (C=O) groups is 1. The van der Waals surface area contributed by atoms with Crippen molar-refractivity contribution in [3.05, 3.63) is 30.3 Å². The van der Waals surface area contributed by atoms with E-state index in [0.717, 1.165) is 57.8 Å². The maximum atomic E-state index is 12.4. The lowest BCUT2D eigenvalue weighted by Gasteiger charge is -2.40. The number of unbranched alkanes of at least 4 members (excludes halogenated alkanes) is 7. The third kappa shape index (κ3) is 12.6. The molecule has 0 saturated heterocycles. The van der Waals surface area contributed by atoms with Crippen LogP contribution in [0.4, 0.5) is 0 Å². The Labute approximate surface area is 230 Å². The molecule has 1 rings (SSSR count). The quantitative estimate of drug-likeness (QED) is 0.0569. The molecule has 0 aromatic heterocycles. The van der Waals surface area contributed by atoms with Crippen molar-refractivity contribution in [3.8, 4) is 5.75 Å². The SMILES string of the molecule is CCCCCCCC(CC(S)(CCCCCC)OC([PH2]=O)(C(=O)O)C(O)OCCC)Oc1ccccc1. The van der Waals surface area contributed by atoms with Crippen LogP contribution in [0.25, 0.3) is 0 Å². The van der Waals surface area contributed by atoms with Crippen LogP contribution in [0.3, 0.4) is 0 Å². The molecular weight excluding hydrogens is 511 g/mol. The molecule has 0 amide bonds. The van der Waals surface area contributed by atoms with Crippen molar-refractivity contribution < 1.29 is 33.8 Å². The largest absolute Gasteiger partial charge is 0.490 e. The third-order valence-corrected chi connectivity index (χ3v) is 7.86.